The van der Waals surface area contributed by atoms with E-state index in [4.69, 9.17) is 17.5 Å². The van der Waals surface area contributed by atoms with Gasteiger partial charge < -0.3 is 4.98 Å². The molecule has 0 aliphatic carbocycles. The van der Waals surface area contributed by atoms with Crippen LogP contribution < -0.4 is 0 Å². The van der Waals surface area contributed by atoms with E-state index in [0.717, 1.165) is 21.3 Å². The van der Waals surface area contributed by atoms with Gasteiger partial charge in [-0.05, 0) is 30.7 Å². The summed E-state index contributed by atoms with van der Waals surface area (Å²) in [5, 5.41) is 8.98. The fraction of sp³-hybridized carbons (Fsp3) is 0.0769. The Bertz CT molecular complexity index is 651. The van der Waals surface area contributed by atoms with E-state index in [-0.39, 0.29) is 0 Å². The van der Waals surface area contributed by atoms with Gasteiger partial charge in [-0.15, -0.1) is 0 Å². The van der Waals surface area contributed by atoms with E-state index >= 15 is 0 Å². The fourth-order valence-corrected chi connectivity index (χ4v) is 2.16. The second kappa shape index (κ2) is 4.82. The van der Waals surface area contributed by atoms with Gasteiger partial charge in [0.05, 0.1) is 5.56 Å². The number of rotatable bonds is 1. The number of H-pyrrole nitrogens is 1. The number of nitrogens with zero attached hydrogens (tertiary/aromatic N) is 1. The Morgan fingerprint density at radius 1 is 1.29 bits per heavy atom. The largest absolute Gasteiger partial charge is 0.349 e. The van der Waals surface area contributed by atoms with E-state index in [1.807, 2.05) is 37.3 Å². The van der Waals surface area contributed by atoms with Crippen molar-refractivity contribution < 1.29 is 0 Å². The number of halogens is 1. The lowest BCUT2D eigenvalue weighted by molar-refractivity contribution is 1.17. The van der Waals surface area contributed by atoms with Crippen molar-refractivity contribution in [2.75, 3.05) is 0 Å². The molecule has 4 heteroatoms. The third-order valence-corrected chi connectivity index (χ3v) is 3.36. The number of aromatic nitrogens is 1. The molecule has 0 bridgehead atoms. The number of aromatic amines is 1. The smallest absolute Gasteiger partial charge is 0.121 e. The first-order valence-electron chi connectivity index (χ1n) is 5.02. The van der Waals surface area contributed by atoms with E-state index in [9.17, 15) is 0 Å². The third kappa shape index (κ3) is 2.46. The van der Waals surface area contributed by atoms with Crippen molar-refractivity contribution in [1.29, 1.82) is 5.26 Å². The summed E-state index contributed by atoms with van der Waals surface area (Å²) in [5.41, 5.74) is 3.54. The Balaban J connectivity index is 2.64. The van der Waals surface area contributed by atoms with Crippen molar-refractivity contribution in [2.24, 2.45) is 0 Å². The Morgan fingerprint density at radius 2 is 1.94 bits per heavy atom. The summed E-state index contributed by atoms with van der Waals surface area (Å²) in [6.45, 7) is 1.95. The van der Waals surface area contributed by atoms with E-state index in [2.05, 4.69) is 27.0 Å². The molecule has 0 aliphatic rings. The van der Waals surface area contributed by atoms with Crippen molar-refractivity contribution in [3.05, 3.63) is 50.7 Å². The maximum absolute atomic E-state index is 8.98. The second-order valence-electron chi connectivity index (χ2n) is 3.67. The standard InChI is InChI=1S/C13H9BrN2S/c1-8-12(6-10(7-15)13(17)16-8)9-2-4-11(14)5-3-9/h2-6H,1H3,(H,16,17). The van der Waals surface area contributed by atoms with Crippen molar-refractivity contribution in [2.45, 2.75) is 6.92 Å². The molecule has 1 N–H and O–H groups in total. The molecule has 2 nitrogen and oxygen atoms in total. The minimum Gasteiger partial charge on any atom is -0.349 e. The number of hydrogen-bond acceptors (Lipinski definition) is 2. The van der Waals surface area contributed by atoms with E-state index < -0.39 is 0 Å². The lowest BCUT2D eigenvalue weighted by Crippen LogP contribution is -1.91. The van der Waals surface area contributed by atoms with Crippen LogP contribution in [-0.4, -0.2) is 4.98 Å². The van der Waals surface area contributed by atoms with Crippen LogP contribution in [0.5, 0.6) is 0 Å². The molecule has 0 atom stereocenters. The highest BCUT2D eigenvalue weighted by molar-refractivity contribution is 9.10. The summed E-state index contributed by atoms with van der Waals surface area (Å²) in [5.74, 6) is 0. The van der Waals surface area contributed by atoms with Gasteiger partial charge in [-0.25, -0.2) is 0 Å². The van der Waals surface area contributed by atoms with Crippen LogP contribution in [0.2, 0.25) is 0 Å². The molecule has 1 aromatic heterocycles. The predicted molar refractivity (Wildman–Crippen MR) is 74.2 cm³/mol. The summed E-state index contributed by atoms with van der Waals surface area (Å²) in [6.07, 6.45) is 0. The highest BCUT2D eigenvalue weighted by Crippen LogP contribution is 2.25. The van der Waals surface area contributed by atoms with Crippen LogP contribution in [0.25, 0.3) is 11.1 Å². The van der Waals surface area contributed by atoms with Gasteiger partial charge in [0.2, 0.25) is 0 Å². The molecule has 0 fully saturated rings. The predicted octanol–water partition coefficient (Wildman–Crippen LogP) is 4.35. The van der Waals surface area contributed by atoms with Crippen molar-refractivity contribution >= 4 is 28.1 Å². The number of nitriles is 1. The van der Waals surface area contributed by atoms with Crippen LogP contribution in [0.15, 0.2) is 34.8 Å². The number of benzene rings is 1. The zero-order chi connectivity index (χ0) is 12.4. The van der Waals surface area contributed by atoms with E-state index in [0.29, 0.717) is 10.2 Å². The maximum Gasteiger partial charge on any atom is 0.121 e. The van der Waals surface area contributed by atoms with E-state index in [1.54, 1.807) is 0 Å². The number of nitrogens with one attached hydrogen (secondary N) is 1. The zero-order valence-corrected chi connectivity index (χ0v) is 11.5. The molecule has 0 saturated heterocycles. The SMILES string of the molecule is Cc1[nH]c(=S)c(C#N)cc1-c1ccc(Br)cc1. The zero-order valence-electron chi connectivity index (χ0n) is 9.12. The first kappa shape index (κ1) is 12.0. The van der Waals surface area contributed by atoms with Crippen LogP contribution in [0.1, 0.15) is 11.3 Å². The summed E-state index contributed by atoms with van der Waals surface area (Å²) in [4.78, 5) is 3.05. The molecular formula is C13H9BrN2S. The first-order valence-corrected chi connectivity index (χ1v) is 6.22. The number of pyridine rings is 1. The first-order chi connectivity index (χ1) is 8.11. The number of aryl methyl sites for hydroxylation is 1. The van der Waals surface area contributed by atoms with E-state index in [1.165, 1.54) is 0 Å². The lowest BCUT2D eigenvalue weighted by Gasteiger charge is -2.07. The van der Waals surface area contributed by atoms with Gasteiger partial charge >= 0.3 is 0 Å². The van der Waals surface area contributed by atoms with Crippen LogP contribution >= 0.6 is 28.1 Å². The second-order valence-corrected chi connectivity index (χ2v) is 4.99. The quantitative estimate of drug-likeness (QED) is 0.795. The normalized spacial score (nSPS) is 9.94. The van der Waals surface area contributed by atoms with Gasteiger partial charge in [0.25, 0.3) is 0 Å². The van der Waals surface area contributed by atoms with Gasteiger partial charge in [0, 0.05) is 15.7 Å². The van der Waals surface area contributed by atoms with Crippen molar-refractivity contribution in [1.82, 2.24) is 4.98 Å². The van der Waals surface area contributed by atoms with Gasteiger partial charge in [-0.2, -0.15) is 5.26 Å². The fourth-order valence-electron chi connectivity index (χ4n) is 1.64. The molecule has 2 aromatic rings. The summed E-state index contributed by atoms with van der Waals surface area (Å²) < 4.78 is 1.52. The number of hydrogen-bond donors (Lipinski definition) is 1. The highest BCUT2D eigenvalue weighted by atomic mass is 79.9. The van der Waals surface area contributed by atoms with Crippen LogP contribution in [0.3, 0.4) is 0 Å². The Kier molecular flexibility index (Phi) is 3.41. The molecule has 84 valence electrons. The Labute approximate surface area is 113 Å². The summed E-state index contributed by atoms with van der Waals surface area (Å²) in [7, 11) is 0. The Hall–Kier alpha value is -1.44. The maximum atomic E-state index is 8.98. The highest BCUT2D eigenvalue weighted by Gasteiger charge is 2.05. The molecule has 0 radical (unpaired) electrons. The molecule has 0 saturated carbocycles. The average Bonchev–Trinajstić information content (AvgIpc) is 2.31. The minimum atomic E-state index is 0.492. The molecule has 0 spiro atoms. The van der Waals surface area contributed by atoms with Gasteiger partial charge in [0.15, 0.2) is 0 Å². The van der Waals surface area contributed by atoms with Crippen LogP contribution in [0, 0.1) is 22.9 Å². The van der Waals surface area contributed by atoms with Gasteiger partial charge in [-0.1, -0.05) is 40.3 Å². The monoisotopic (exact) mass is 304 g/mol. The molecule has 1 aromatic carbocycles. The minimum absolute atomic E-state index is 0.492. The van der Waals surface area contributed by atoms with Crippen molar-refractivity contribution in [3.63, 3.8) is 0 Å². The molecular weight excluding hydrogens is 296 g/mol. The van der Waals surface area contributed by atoms with Gasteiger partial charge in [-0.3, -0.25) is 0 Å². The topological polar surface area (TPSA) is 39.6 Å². The van der Waals surface area contributed by atoms with Gasteiger partial charge in [0.1, 0.15) is 10.7 Å². The lowest BCUT2D eigenvalue weighted by atomic mass is 10.0. The Morgan fingerprint density at radius 3 is 2.53 bits per heavy atom. The van der Waals surface area contributed by atoms with Crippen LogP contribution in [-0.2, 0) is 0 Å². The molecule has 1 heterocycles. The molecule has 0 unspecified atom stereocenters. The van der Waals surface area contributed by atoms with Crippen molar-refractivity contribution in [3.8, 4) is 17.2 Å². The molecule has 0 aliphatic heterocycles. The summed E-state index contributed by atoms with van der Waals surface area (Å²) in [6, 6.07) is 11.9. The van der Waals surface area contributed by atoms with Crippen LogP contribution in [0.4, 0.5) is 0 Å². The molecule has 17 heavy (non-hydrogen) atoms. The molecule has 2 rings (SSSR count). The summed E-state index contributed by atoms with van der Waals surface area (Å²) >= 11 is 8.48. The molecule has 0 amide bonds. The average molecular weight is 305 g/mol. The third-order valence-electron chi connectivity index (χ3n) is 2.51.